The van der Waals surface area contributed by atoms with Gasteiger partial charge in [0.25, 0.3) is 0 Å². The van der Waals surface area contributed by atoms with Crippen LogP contribution in [0.1, 0.15) is 30.5 Å². The van der Waals surface area contributed by atoms with E-state index in [1.165, 1.54) is 0 Å². The molecule has 0 aliphatic carbocycles. The Morgan fingerprint density at radius 1 is 0.757 bits per heavy atom. The monoisotopic (exact) mass is 506 g/mol. The number of fused-ring (bicyclic) bond motifs is 1. The molecule has 3 aromatic rings. The first kappa shape index (κ1) is 26.0. The molecule has 7 heteroatoms. The molecule has 4 atom stereocenters. The van der Waals surface area contributed by atoms with Crippen LogP contribution in [0.5, 0.6) is 0 Å². The minimum atomic E-state index is -0.882. The topological polar surface area (TPSA) is 64.6 Å². The summed E-state index contributed by atoms with van der Waals surface area (Å²) < 4.78 is 30.4. The Bertz CT molecular complexity index is 1010. The lowest BCUT2D eigenvalue weighted by atomic mass is 9.80. The standard InChI is InChI=1S/C30H34O7/c1-29(2)35-27-26(37-33-20-19-31-3)25(34-28(27)36-29)21-32-30(22-13-7-4-8-14-22,23-15-9-5-10-16-23)24-17-11-6-12-18-24/h4-18,25-28H,19-21H2,1-3H3/t25-,26+,27-,28?/m1/s1. The molecule has 3 aromatic carbocycles. The summed E-state index contributed by atoms with van der Waals surface area (Å²) in [5.74, 6) is -0.781. The maximum Gasteiger partial charge on any atom is 0.190 e. The van der Waals surface area contributed by atoms with Crippen LogP contribution >= 0.6 is 0 Å². The van der Waals surface area contributed by atoms with Crippen LogP contribution in [0.3, 0.4) is 0 Å². The van der Waals surface area contributed by atoms with E-state index in [2.05, 4.69) is 36.4 Å². The van der Waals surface area contributed by atoms with Gasteiger partial charge in [-0.2, -0.15) is 0 Å². The second-order valence-electron chi connectivity index (χ2n) is 9.61. The fraction of sp³-hybridized carbons (Fsp3) is 0.400. The van der Waals surface area contributed by atoms with E-state index in [-0.39, 0.29) is 13.2 Å². The van der Waals surface area contributed by atoms with Crippen LogP contribution in [0.2, 0.25) is 0 Å². The SMILES string of the molecule is COCCOO[C@H]1[C@@H](COC(c2ccccc2)(c2ccccc2)c2ccccc2)OC2OC(C)(C)O[C@@H]21. The number of methoxy groups -OCH3 is 1. The van der Waals surface area contributed by atoms with Gasteiger partial charge in [-0.3, -0.25) is 0 Å². The maximum atomic E-state index is 6.95. The van der Waals surface area contributed by atoms with E-state index in [0.717, 1.165) is 16.7 Å². The zero-order valence-corrected chi connectivity index (χ0v) is 21.4. The van der Waals surface area contributed by atoms with Gasteiger partial charge in [0, 0.05) is 7.11 Å². The third kappa shape index (κ3) is 5.49. The van der Waals surface area contributed by atoms with Gasteiger partial charge in [0.15, 0.2) is 18.2 Å². The van der Waals surface area contributed by atoms with Gasteiger partial charge in [-0.1, -0.05) is 91.0 Å². The van der Waals surface area contributed by atoms with Crippen molar-refractivity contribution in [3.63, 3.8) is 0 Å². The van der Waals surface area contributed by atoms with E-state index in [9.17, 15) is 0 Å². The van der Waals surface area contributed by atoms with E-state index < -0.39 is 36.0 Å². The second kappa shape index (κ2) is 11.4. The largest absolute Gasteiger partial charge is 0.382 e. The van der Waals surface area contributed by atoms with Crippen molar-refractivity contribution in [1.82, 2.24) is 0 Å². The Morgan fingerprint density at radius 2 is 1.30 bits per heavy atom. The minimum absolute atomic E-state index is 0.205. The minimum Gasteiger partial charge on any atom is -0.382 e. The van der Waals surface area contributed by atoms with Crippen molar-refractivity contribution in [1.29, 1.82) is 0 Å². The van der Waals surface area contributed by atoms with Crippen molar-refractivity contribution in [3.05, 3.63) is 108 Å². The molecule has 0 spiro atoms. The first-order valence-corrected chi connectivity index (χ1v) is 12.6. The molecule has 0 aromatic heterocycles. The summed E-state index contributed by atoms with van der Waals surface area (Å²) in [4.78, 5) is 11.3. The predicted molar refractivity (Wildman–Crippen MR) is 137 cm³/mol. The molecule has 0 amide bonds. The van der Waals surface area contributed by atoms with Gasteiger partial charge in [0.2, 0.25) is 0 Å². The normalized spacial score (nSPS) is 24.7. The second-order valence-corrected chi connectivity index (χ2v) is 9.61. The number of rotatable bonds is 11. The van der Waals surface area contributed by atoms with Crippen molar-refractivity contribution < 1.29 is 33.5 Å². The molecule has 7 nitrogen and oxygen atoms in total. The van der Waals surface area contributed by atoms with Gasteiger partial charge in [-0.05, 0) is 30.5 Å². The molecule has 0 saturated carbocycles. The number of hydrogen-bond acceptors (Lipinski definition) is 7. The van der Waals surface area contributed by atoms with Crippen LogP contribution in [-0.2, 0) is 39.1 Å². The lowest BCUT2D eigenvalue weighted by Crippen LogP contribution is -2.42. The van der Waals surface area contributed by atoms with Gasteiger partial charge in [-0.15, -0.1) is 0 Å². The lowest BCUT2D eigenvalue weighted by molar-refractivity contribution is -0.352. The summed E-state index contributed by atoms with van der Waals surface area (Å²) in [7, 11) is 1.61. The molecule has 1 unspecified atom stereocenters. The van der Waals surface area contributed by atoms with E-state index >= 15 is 0 Å². The van der Waals surface area contributed by atoms with Crippen LogP contribution < -0.4 is 0 Å². The van der Waals surface area contributed by atoms with E-state index in [0.29, 0.717) is 6.61 Å². The summed E-state index contributed by atoms with van der Waals surface area (Å²) >= 11 is 0. The quantitative estimate of drug-likeness (QED) is 0.160. The molecule has 2 fully saturated rings. The highest BCUT2D eigenvalue weighted by Gasteiger charge is 2.56. The summed E-state index contributed by atoms with van der Waals surface area (Å²) in [6, 6.07) is 30.7. The zero-order valence-electron chi connectivity index (χ0n) is 21.4. The van der Waals surface area contributed by atoms with Gasteiger partial charge in [-0.25, -0.2) is 9.78 Å². The molecule has 2 heterocycles. The molecule has 37 heavy (non-hydrogen) atoms. The Hall–Kier alpha value is -2.62. The summed E-state index contributed by atoms with van der Waals surface area (Å²) in [6.45, 7) is 4.61. The highest BCUT2D eigenvalue weighted by molar-refractivity contribution is 5.47. The molecule has 196 valence electrons. The fourth-order valence-electron chi connectivity index (χ4n) is 5.02. The van der Waals surface area contributed by atoms with Crippen LogP contribution in [0.4, 0.5) is 0 Å². The third-order valence-electron chi connectivity index (χ3n) is 6.64. The first-order valence-electron chi connectivity index (χ1n) is 12.6. The average Bonchev–Trinajstić information content (AvgIpc) is 3.40. The molecular weight excluding hydrogens is 472 g/mol. The Morgan fingerprint density at radius 3 is 1.81 bits per heavy atom. The van der Waals surface area contributed by atoms with Crippen molar-refractivity contribution >= 4 is 0 Å². The van der Waals surface area contributed by atoms with Crippen LogP contribution in [0, 0.1) is 0 Å². The number of benzene rings is 3. The molecule has 2 aliphatic rings. The molecule has 0 N–H and O–H groups in total. The van der Waals surface area contributed by atoms with Gasteiger partial charge in [0.1, 0.15) is 24.4 Å². The Kier molecular flexibility index (Phi) is 8.02. The zero-order chi connectivity index (χ0) is 25.7. The summed E-state index contributed by atoms with van der Waals surface area (Å²) in [5.41, 5.74) is 2.14. The highest BCUT2D eigenvalue weighted by Crippen LogP contribution is 2.43. The molecular formula is C30H34O7. The fourth-order valence-corrected chi connectivity index (χ4v) is 5.02. The molecule has 5 rings (SSSR count). The Balaban J connectivity index is 1.47. The lowest BCUT2D eigenvalue weighted by Gasteiger charge is -2.37. The number of ether oxygens (including phenoxy) is 5. The van der Waals surface area contributed by atoms with Crippen molar-refractivity contribution in [3.8, 4) is 0 Å². The van der Waals surface area contributed by atoms with Crippen molar-refractivity contribution in [2.24, 2.45) is 0 Å². The molecule has 0 bridgehead atoms. The van der Waals surface area contributed by atoms with E-state index in [1.54, 1.807) is 7.11 Å². The van der Waals surface area contributed by atoms with Crippen LogP contribution in [0.25, 0.3) is 0 Å². The predicted octanol–water partition coefficient (Wildman–Crippen LogP) is 4.83. The first-order chi connectivity index (χ1) is 18.0. The summed E-state index contributed by atoms with van der Waals surface area (Å²) in [6.07, 6.45) is -2.09. The smallest absolute Gasteiger partial charge is 0.190 e. The van der Waals surface area contributed by atoms with Gasteiger partial charge >= 0.3 is 0 Å². The third-order valence-corrected chi connectivity index (χ3v) is 6.64. The molecule has 2 aliphatic heterocycles. The van der Waals surface area contributed by atoms with Crippen molar-refractivity contribution in [2.45, 2.75) is 49.8 Å². The van der Waals surface area contributed by atoms with Gasteiger partial charge < -0.3 is 23.7 Å². The highest BCUT2D eigenvalue weighted by atomic mass is 17.2. The van der Waals surface area contributed by atoms with Crippen molar-refractivity contribution in [2.75, 3.05) is 26.9 Å². The molecule has 2 saturated heterocycles. The van der Waals surface area contributed by atoms with Crippen LogP contribution in [-0.4, -0.2) is 57.3 Å². The van der Waals surface area contributed by atoms with Crippen LogP contribution in [0.15, 0.2) is 91.0 Å². The van der Waals surface area contributed by atoms with E-state index in [4.69, 9.17) is 33.5 Å². The molecule has 0 radical (unpaired) electrons. The number of hydrogen-bond donors (Lipinski definition) is 0. The Labute approximate surface area is 218 Å². The van der Waals surface area contributed by atoms with E-state index in [1.807, 2.05) is 68.4 Å². The average molecular weight is 507 g/mol. The maximum absolute atomic E-state index is 6.95. The summed E-state index contributed by atoms with van der Waals surface area (Å²) in [5, 5.41) is 0. The van der Waals surface area contributed by atoms with Gasteiger partial charge in [0.05, 0.1) is 13.2 Å².